The first-order valence-corrected chi connectivity index (χ1v) is 5.86. The molecule has 2 rings (SSSR count). The van der Waals surface area contributed by atoms with Crippen LogP contribution in [0.4, 0.5) is 0 Å². The molecule has 0 spiro atoms. The van der Waals surface area contributed by atoms with E-state index in [4.69, 9.17) is 9.84 Å². The van der Waals surface area contributed by atoms with Crippen LogP contribution < -0.4 is 5.32 Å². The second-order valence-corrected chi connectivity index (χ2v) is 5.04. The number of nitrogens with one attached hydrogen (secondary N) is 1. The molecule has 0 bridgehead atoms. The molecule has 2 N–H and O–H groups in total. The molecule has 0 radical (unpaired) electrons. The first kappa shape index (κ1) is 11.3. The lowest BCUT2D eigenvalue weighted by molar-refractivity contribution is -0.0187. The van der Waals surface area contributed by atoms with Crippen LogP contribution in [0, 0.1) is 5.41 Å². The van der Waals surface area contributed by atoms with Gasteiger partial charge in [-0.3, -0.25) is 0 Å². The number of likely N-dealkylation sites (N-methyl/N-ethyl adjacent to an activating group) is 1. The summed E-state index contributed by atoms with van der Waals surface area (Å²) < 4.78 is 5.65. The van der Waals surface area contributed by atoms with Crippen LogP contribution in [0.1, 0.15) is 12.8 Å². The summed E-state index contributed by atoms with van der Waals surface area (Å²) in [4.78, 5) is 2.30. The van der Waals surface area contributed by atoms with Crippen LogP contribution in [0.5, 0.6) is 0 Å². The van der Waals surface area contributed by atoms with Crippen molar-refractivity contribution in [2.24, 2.45) is 5.41 Å². The van der Waals surface area contributed by atoms with Gasteiger partial charge < -0.3 is 20.1 Å². The first-order valence-electron chi connectivity index (χ1n) is 5.86. The maximum absolute atomic E-state index is 9.16. The van der Waals surface area contributed by atoms with Crippen molar-refractivity contribution in [1.29, 1.82) is 0 Å². The van der Waals surface area contributed by atoms with Gasteiger partial charge in [-0.25, -0.2) is 0 Å². The minimum absolute atomic E-state index is 0.209. The lowest BCUT2D eigenvalue weighted by Crippen LogP contribution is -2.45. The highest BCUT2D eigenvalue weighted by Gasteiger charge is 2.41. The Balaban J connectivity index is 1.61. The number of morpholine rings is 1. The average molecular weight is 214 g/mol. The molecular weight excluding hydrogens is 192 g/mol. The maximum atomic E-state index is 9.16. The number of aliphatic hydroxyl groups excluding tert-OH is 1. The fourth-order valence-electron chi connectivity index (χ4n) is 2.06. The Morgan fingerprint density at radius 1 is 1.53 bits per heavy atom. The minimum Gasteiger partial charge on any atom is -0.396 e. The number of nitrogens with zero attached hydrogens (tertiary/aromatic N) is 1. The molecule has 1 aliphatic heterocycles. The predicted molar refractivity (Wildman–Crippen MR) is 58.9 cm³/mol. The molecule has 0 aromatic rings. The molecule has 1 saturated carbocycles. The van der Waals surface area contributed by atoms with Crippen molar-refractivity contribution in [3.63, 3.8) is 0 Å². The highest BCUT2D eigenvalue weighted by Crippen LogP contribution is 2.44. The van der Waals surface area contributed by atoms with Crippen LogP contribution in [0.25, 0.3) is 0 Å². The molecule has 4 nitrogen and oxygen atoms in total. The van der Waals surface area contributed by atoms with Crippen molar-refractivity contribution in [3.8, 4) is 0 Å². The SMILES string of the molecule is CN1CCOC(CNCC2(CO)CC2)C1. The monoisotopic (exact) mass is 214 g/mol. The van der Waals surface area contributed by atoms with Crippen LogP contribution >= 0.6 is 0 Å². The number of ether oxygens (including phenoxy) is 1. The van der Waals surface area contributed by atoms with E-state index in [1.165, 1.54) is 12.8 Å². The second-order valence-electron chi connectivity index (χ2n) is 5.04. The molecule has 0 aromatic carbocycles. The Hall–Kier alpha value is -0.160. The van der Waals surface area contributed by atoms with Crippen molar-refractivity contribution in [3.05, 3.63) is 0 Å². The molecule has 88 valence electrons. The zero-order valence-corrected chi connectivity index (χ0v) is 9.54. The molecule has 1 heterocycles. The van der Waals surface area contributed by atoms with E-state index in [0.29, 0.717) is 12.7 Å². The molecule has 0 amide bonds. The number of hydrogen-bond donors (Lipinski definition) is 2. The summed E-state index contributed by atoms with van der Waals surface area (Å²) >= 11 is 0. The van der Waals surface area contributed by atoms with Crippen molar-refractivity contribution in [2.75, 3.05) is 46.4 Å². The van der Waals surface area contributed by atoms with E-state index in [1.807, 2.05) is 0 Å². The van der Waals surface area contributed by atoms with Gasteiger partial charge in [-0.2, -0.15) is 0 Å². The van der Waals surface area contributed by atoms with E-state index < -0.39 is 0 Å². The molecule has 2 aliphatic rings. The smallest absolute Gasteiger partial charge is 0.0826 e. The fraction of sp³-hybridized carbons (Fsp3) is 1.00. The summed E-state index contributed by atoms with van der Waals surface area (Å²) in [6.07, 6.45) is 2.65. The van der Waals surface area contributed by atoms with Crippen molar-refractivity contribution in [1.82, 2.24) is 10.2 Å². The van der Waals surface area contributed by atoms with Crippen molar-refractivity contribution >= 4 is 0 Å². The zero-order chi connectivity index (χ0) is 10.7. The van der Waals surface area contributed by atoms with Gasteiger partial charge in [0, 0.05) is 38.2 Å². The molecular formula is C11H22N2O2. The highest BCUT2D eigenvalue weighted by atomic mass is 16.5. The molecule has 1 unspecified atom stereocenters. The van der Waals surface area contributed by atoms with Crippen molar-refractivity contribution < 1.29 is 9.84 Å². The quantitative estimate of drug-likeness (QED) is 0.658. The van der Waals surface area contributed by atoms with Crippen LogP contribution in [0.2, 0.25) is 0 Å². The number of hydrogen-bond acceptors (Lipinski definition) is 4. The largest absolute Gasteiger partial charge is 0.396 e. The Labute approximate surface area is 91.6 Å². The number of rotatable bonds is 5. The summed E-state index contributed by atoms with van der Waals surface area (Å²) in [5.41, 5.74) is 0.209. The molecule has 2 fully saturated rings. The predicted octanol–water partition coefficient (Wildman–Crippen LogP) is -0.321. The third-order valence-corrected chi connectivity index (χ3v) is 3.51. The van der Waals surface area contributed by atoms with E-state index in [9.17, 15) is 0 Å². The first-order chi connectivity index (χ1) is 7.24. The zero-order valence-electron chi connectivity index (χ0n) is 9.54. The number of aliphatic hydroxyl groups is 1. The summed E-state index contributed by atoms with van der Waals surface area (Å²) in [6.45, 7) is 5.06. The standard InChI is InChI=1S/C11H22N2O2/c1-13-4-5-15-10(7-13)6-12-8-11(9-14)2-3-11/h10,12,14H,2-9H2,1H3. The Bertz CT molecular complexity index is 207. The van der Waals surface area contributed by atoms with Gasteiger partial charge in [-0.05, 0) is 19.9 Å². The highest BCUT2D eigenvalue weighted by molar-refractivity contribution is 4.94. The van der Waals surface area contributed by atoms with E-state index in [2.05, 4.69) is 17.3 Å². The minimum atomic E-state index is 0.209. The van der Waals surface area contributed by atoms with Crippen LogP contribution in [-0.2, 0) is 4.74 Å². The van der Waals surface area contributed by atoms with E-state index in [0.717, 1.165) is 32.8 Å². The summed E-state index contributed by atoms with van der Waals surface area (Å²) in [6, 6.07) is 0. The van der Waals surface area contributed by atoms with Gasteiger partial charge in [0.05, 0.1) is 12.7 Å². The average Bonchev–Trinajstić information content (AvgIpc) is 2.99. The maximum Gasteiger partial charge on any atom is 0.0826 e. The fourth-order valence-corrected chi connectivity index (χ4v) is 2.06. The van der Waals surface area contributed by atoms with E-state index >= 15 is 0 Å². The second kappa shape index (κ2) is 4.78. The summed E-state index contributed by atoms with van der Waals surface area (Å²) in [7, 11) is 2.13. The van der Waals surface area contributed by atoms with E-state index in [-0.39, 0.29) is 5.41 Å². The summed E-state index contributed by atoms with van der Waals surface area (Å²) in [5, 5.41) is 12.6. The Morgan fingerprint density at radius 3 is 2.93 bits per heavy atom. The van der Waals surface area contributed by atoms with E-state index in [1.54, 1.807) is 0 Å². The van der Waals surface area contributed by atoms with Crippen molar-refractivity contribution in [2.45, 2.75) is 18.9 Å². The third-order valence-electron chi connectivity index (χ3n) is 3.51. The van der Waals surface area contributed by atoms with Gasteiger partial charge in [-0.1, -0.05) is 0 Å². The van der Waals surface area contributed by atoms with Gasteiger partial charge in [-0.15, -0.1) is 0 Å². The lowest BCUT2D eigenvalue weighted by atomic mass is 10.1. The normalized spacial score (nSPS) is 30.4. The lowest BCUT2D eigenvalue weighted by Gasteiger charge is -2.30. The summed E-state index contributed by atoms with van der Waals surface area (Å²) in [5.74, 6) is 0. The van der Waals surface area contributed by atoms with Gasteiger partial charge in [0.1, 0.15) is 0 Å². The molecule has 1 aliphatic carbocycles. The van der Waals surface area contributed by atoms with Gasteiger partial charge in [0.15, 0.2) is 0 Å². The molecule has 15 heavy (non-hydrogen) atoms. The van der Waals surface area contributed by atoms with Crippen LogP contribution in [0.3, 0.4) is 0 Å². The van der Waals surface area contributed by atoms with Gasteiger partial charge >= 0.3 is 0 Å². The molecule has 4 heteroatoms. The van der Waals surface area contributed by atoms with Gasteiger partial charge in [0.25, 0.3) is 0 Å². The Morgan fingerprint density at radius 2 is 2.33 bits per heavy atom. The Kier molecular flexibility index (Phi) is 3.61. The van der Waals surface area contributed by atoms with Crippen LogP contribution in [0.15, 0.2) is 0 Å². The van der Waals surface area contributed by atoms with Gasteiger partial charge in [0.2, 0.25) is 0 Å². The molecule has 1 saturated heterocycles. The molecule has 0 aromatic heterocycles. The van der Waals surface area contributed by atoms with Crippen LogP contribution in [-0.4, -0.2) is 62.6 Å². The third kappa shape index (κ3) is 3.14. The topological polar surface area (TPSA) is 44.7 Å². The molecule has 1 atom stereocenters.